The molecule has 0 bridgehead atoms. The Labute approximate surface area is 198 Å². The van der Waals surface area contributed by atoms with E-state index < -0.39 is 27.9 Å². The molecule has 0 spiro atoms. The number of H-pyrrole nitrogens is 1. The van der Waals surface area contributed by atoms with Gasteiger partial charge in [0.2, 0.25) is 15.8 Å². The maximum absolute atomic E-state index is 13.0. The van der Waals surface area contributed by atoms with E-state index in [0.29, 0.717) is 29.9 Å². The molecule has 1 aliphatic rings. The predicted octanol–water partition coefficient (Wildman–Crippen LogP) is 4.09. The van der Waals surface area contributed by atoms with E-state index in [1.807, 2.05) is 0 Å². The highest BCUT2D eigenvalue weighted by Crippen LogP contribution is 2.28. The average molecular weight is 495 g/mol. The number of ether oxygens (including phenoxy) is 1. The standard InChI is InChI=1S/C23H27ClN2O6S/c1-13-20(15(3)27)14(2)25-21(13)22(28)16(4)32-23(29)17-8-9-18(24)19(12-17)33(30,31)26-10-6-5-7-11-26/h8-9,12,16,25H,5-7,10-11H2,1-4H3. The minimum Gasteiger partial charge on any atom is -0.451 e. The van der Waals surface area contributed by atoms with Crippen LogP contribution in [0.2, 0.25) is 5.02 Å². The summed E-state index contributed by atoms with van der Waals surface area (Å²) in [5.41, 5.74) is 1.66. The number of Topliss-reactive ketones (excluding diaryl/α,β-unsaturated/α-hetero) is 2. The van der Waals surface area contributed by atoms with Crippen molar-refractivity contribution in [3.05, 3.63) is 51.3 Å². The summed E-state index contributed by atoms with van der Waals surface area (Å²) >= 11 is 6.16. The molecule has 1 aromatic heterocycles. The molecular formula is C23H27ClN2O6S. The Morgan fingerprint density at radius 1 is 1.12 bits per heavy atom. The molecule has 178 valence electrons. The van der Waals surface area contributed by atoms with E-state index in [2.05, 4.69) is 4.98 Å². The molecule has 0 aliphatic carbocycles. The van der Waals surface area contributed by atoms with Gasteiger partial charge in [0, 0.05) is 24.3 Å². The van der Waals surface area contributed by atoms with Crippen molar-refractivity contribution in [2.45, 2.75) is 58.0 Å². The van der Waals surface area contributed by atoms with Gasteiger partial charge in [-0.1, -0.05) is 18.0 Å². The molecule has 1 unspecified atom stereocenters. The minimum absolute atomic E-state index is 0.00972. The maximum Gasteiger partial charge on any atom is 0.338 e. The van der Waals surface area contributed by atoms with Crippen molar-refractivity contribution in [1.29, 1.82) is 0 Å². The average Bonchev–Trinajstić information content (AvgIpc) is 3.07. The lowest BCUT2D eigenvalue weighted by Gasteiger charge is -2.26. The third-order valence-electron chi connectivity index (χ3n) is 5.79. The first-order valence-corrected chi connectivity index (χ1v) is 12.5. The number of nitrogens with one attached hydrogen (secondary N) is 1. The molecule has 1 atom stereocenters. The zero-order valence-corrected chi connectivity index (χ0v) is 20.6. The monoisotopic (exact) mass is 494 g/mol. The predicted molar refractivity (Wildman–Crippen MR) is 124 cm³/mol. The maximum atomic E-state index is 13.0. The molecule has 2 aromatic rings. The van der Waals surface area contributed by atoms with Gasteiger partial charge in [-0.25, -0.2) is 13.2 Å². The number of ketones is 2. The van der Waals surface area contributed by atoms with E-state index >= 15 is 0 Å². The van der Waals surface area contributed by atoms with Crippen molar-refractivity contribution < 1.29 is 27.5 Å². The summed E-state index contributed by atoms with van der Waals surface area (Å²) < 4.78 is 32.7. The van der Waals surface area contributed by atoms with Gasteiger partial charge < -0.3 is 9.72 Å². The van der Waals surface area contributed by atoms with Crippen LogP contribution in [0.15, 0.2) is 23.1 Å². The largest absolute Gasteiger partial charge is 0.451 e. The molecule has 3 rings (SSSR count). The van der Waals surface area contributed by atoms with E-state index in [1.54, 1.807) is 13.8 Å². The van der Waals surface area contributed by atoms with Crippen molar-refractivity contribution in [2.24, 2.45) is 0 Å². The fourth-order valence-corrected chi connectivity index (χ4v) is 6.10. The molecule has 0 saturated carbocycles. The number of piperidine rings is 1. The first-order chi connectivity index (χ1) is 15.4. The molecule has 10 heteroatoms. The number of rotatable bonds is 7. The van der Waals surface area contributed by atoms with Gasteiger partial charge in [0.1, 0.15) is 4.90 Å². The molecular weight excluding hydrogens is 468 g/mol. The van der Waals surface area contributed by atoms with Crippen molar-refractivity contribution in [2.75, 3.05) is 13.1 Å². The molecule has 33 heavy (non-hydrogen) atoms. The highest BCUT2D eigenvalue weighted by molar-refractivity contribution is 7.89. The fraction of sp³-hybridized carbons (Fsp3) is 0.435. The minimum atomic E-state index is -3.86. The summed E-state index contributed by atoms with van der Waals surface area (Å²) in [7, 11) is -3.86. The Morgan fingerprint density at radius 2 is 1.76 bits per heavy atom. The zero-order valence-electron chi connectivity index (χ0n) is 19.0. The van der Waals surface area contributed by atoms with Crippen molar-refractivity contribution in [3.8, 4) is 0 Å². The number of benzene rings is 1. The number of esters is 1. The summed E-state index contributed by atoms with van der Waals surface area (Å²) in [4.78, 5) is 40.2. The van der Waals surface area contributed by atoms with Crippen LogP contribution >= 0.6 is 11.6 Å². The second-order valence-corrected chi connectivity index (χ2v) is 10.5. The van der Waals surface area contributed by atoms with E-state index in [9.17, 15) is 22.8 Å². The third kappa shape index (κ3) is 5.05. The number of hydrogen-bond acceptors (Lipinski definition) is 6. The van der Waals surface area contributed by atoms with Crippen LogP contribution in [0, 0.1) is 13.8 Å². The second kappa shape index (κ2) is 9.79. The van der Waals surface area contributed by atoms with Gasteiger partial charge in [-0.3, -0.25) is 9.59 Å². The number of sulfonamides is 1. The second-order valence-electron chi connectivity index (χ2n) is 8.20. The van der Waals surface area contributed by atoms with Gasteiger partial charge in [-0.2, -0.15) is 4.31 Å². The third-order valence-corrected chi connectivity index (χ3v) is 8.17. The van der Waals surface area contributed by atoms with Crippen LogP contribution in [0.1, 0.15) is 75.6 Å². The molecule has 1 N–H and O–H groups in total. The van der Waals surface area contributed by atoms with Crippen LogP contribution in [0.3, 0.4) is 0 Å². The number of carbonyl (C=O) groups excluding carboxylic acids is 3. The zero-order chi connectivity index (χ0) is 24.5. The molecule has 8 nitrogen and oxygen atoms in total. The highest BCUT2D eigenvalue weighted by atomic mass is 35.5. The molecule has 2 heterocycles. The van der Waals surface area contributed by atoms with Gasteiger partial charge in [0.25, 0.3) is 0 Å². The summed E-state index contributed by atoms with van der Waals surface area (Å²) in [6.45, 7) is 6.97. The van der Waals surface area contributed by atoms with Crippen LogP contribution in [0.5, 0.6) is 0 Å². The highest BCUT2D eigenvalue weighted by Gasteiger charge is 2.30. The summed E-state index contributed by atoms with van der Waals surface area (Å²) in [6.07, 6.45) is 1.33. The van der Waals surface area contributed by atoms with Gasteiger partial charge in [-0.05, 0) is 64.3 Å². The lowest BCUT2D eigenvalue weighted by molar-refractivity contribution is 0.0316. The Balaban J connectivity index is 1.82. The molecule has 1 saturated heterocycles. The lowest BCUT2D eigenvalue weighted by atomic mass is 10.0. The Hall–Kier alpha value is -2.49. The quantitative estimate of drug-likeness (QED) is 0.458. The van der Waals surface area contributed by atoms with Crippen LogP contribution in [-0.2, 0) is 14.8 Å². The molecule has 0 radical (unpaired) electrons. The number of aryl methyl sites for hydroxylation is 1. The van der Waals surface area contributed by atoms with Crippen molar-refractivity contribution in [1.82, 2.24) is 9.29 Å². The van der Waals surface area contributed by atoms with Gasteiger partial charge in [0.05, 0.1) is 16.3 Å². The van der Waals surface area contributed by atoms with Crippen molar-refractivity contribution >= 4 is 39.2 Å². The Morgan fingerprint density at radius 3 is 2.33 bits per heavy atom. The molecule has 1 aromatic carbocycles. The van der Waals surface area contributed by atoms with Crippen LogP contribution in [0.4, 0.5) is 0 Å². The number of halogens is 1. The molecule has 1 aliphatic heterocycles. The van der Waals surface area contributed by atoms with E-state index in [0.717, 1.165) is 19.3 Å². The number of hydrogen-bond donors (Lipinski definition) is 1. The summed E-state index contributed by atoms with van der Waals surface area (Å²) in [5.74, 6) is -1.52. The van der Waals surface area contributed by atoms with E-state index in [-0.39, 0.29) is 27.0 Å². The smallest absolute Gasteiger partial charge is 0.338 e. The Kier molecular flexibility index (Phi) is 7.45. The normalized spacial score (nSPS) is 15.8. The first-order valence-electron chi connectivity index (χ1n) is 10.7. The number of aromatic nitrogens is 1. The van der Waals surface area contributed by atoms with Crippen LogP contribution < -0.4 is 0 Å². The van der Waals surface area contributed by atoms with Crippen molar-refractivity contribution in [3.63, 3.8) is 0 Å². The first kappa shape index (κ1) is 25.1. The summed E-state index contributed by atoms with van der Waals surface area (Å²) in [5, 5.41) is 0.00972. The topological polar surface area (TPSA) is 114 Å². The van der Waals surface area contributed by atoms with E-state index in [4.69, 9.17) is 16.3 Å². The SMILES string of the molecule is CC(=O)c1c(C)[nH]c(C(=O)C(C)OC(=O)c2ccc(Cl)c(S(=O)(=O)N3CCCCC3)c2)c1C. The Bertz CT molecular complexity index is 1210. The molecule has 1 fully saturated rings. The fourth-order valence-electron chi connectivity index (χ4n) is 4.08. The number of aromatic amines is 1. The van der Waals surface area contributed by atoms with Crippen LogP contribution in [0.25, 0.3) is 0 Å². The van der Waals surface area contributed by atoms with E-state index in [1.165, 1.54) is 36.4 Å². The van der Waals surface area contributed by atoms with Gasteiger partial charge >= 0.3 is 5.97 Å². The number of carbonyl (C=O) groups is 3. The van der Waals surface area contributed by atoms with Gasteiger partial charge in [-0.15, -0.1) is 0 Å². The summed E-state index contributed by atoms with van der Waals surface area (Å²) in [6, 6.07) is 3.87. The molecule has 0 amide bonds. The number of nitrogens with zero attached hydrogens (tertiary/aromatic N) is 1. The lowest BCUT2D eigenvalue weighted by Crippen LogP contribution is -2.35. The van der Waals surface area contributed by atoms with Crippen LogP contribution in [-0.4, -0.2) is 54.4 Å². The van der Waals surface area contributed by atoms with Gasteiger partial charge in [0.15, 0.2) is 11.9 Å².